The zero-order chi connectivity index (χ0) is 16.7. The summed E-state index contributed by atoms with van der Waals surface area (Å²) in [6.07, 6.45) is 2.19. The zero-order valence-corrected chi connectivity index (χ0v) is 14.7. The van der Waals surface area contributed by atoms with Crippen LogP contribution in [0.15, 0.2) is 24.3 Å². The molecule has 0 saturated carbocycles. The maximum Gasteiger partial charge on any atom is 0.241 e. The van der Waals surface area contributed by atoms with Crippen LogP contribution in [0.3, 0.4) is 0 Å². The molecule has 0 bridgehead atoms. The molecule has 2 rings (SSSR count). The fourth-order valence-corrected chi connectivity index (χ4v) is 2.93. The molecule has 2 amide bonds. The predicted molar refractivity (Wildman–Crippen MR) is 93.6 cm³/mol. The molecular weight excluding hydrogens is 333 g/mol. The highest BCUT2D eigenvalue weighted by molar-refractivity contribution is 5.86. The maximum absolute atomic E-state index is 13.1. The molecule has 2 N–H and O–H groups in total. The highest BCUT2D eigenvalue weighted by Crippen LogP contribution is 2.15. The van der Waals surface area contributed by atoms with Gasteiger partial charge in [0.1, 0.15) is 5.82 Å². The molecule has 134 valence electrons. The average Bonchev–Trinajstić information content (AvgIpc) is 2.53. The summed E-state index contributed by atoms with van der Waals surface area (Å²) in [7, 11) is 1.91. The minimum absolute atomic E-state index is 0. The number of piperidine rings is 1. The number of carbonyl (C=O) groups is 2. The Hall–Kier alpha value is -1.66. The van der Waals surface area contributed by atoms with Gasteiger partial charge < -0.3 is 15.5 Å². The van der Waals surface area contributed by atoms with E-state index >= 15 is 0 Å². The quantitative estimate of drug-likeness (QED) is 0.808. The van der Waals surface area contributed by atoms with Crippen LogP contribution >= 0.6 is 12.4 Å². The molecule has 1 aliphatic rings. The van der Waals surface area contributed by atoms with Crippen LogP contribution in [0, 0.1) is 11.7 Å². The van der Waals surface area contributed by atoms with Gasteiger partial charge in [0.2, 0.25) is 11.8 Å². The van der Waals surface area contributed by atoms with Gasteiger partial charge in [0.25, 0.3) is 0 Å². The van der Waals surface area contributed by atoms with E-state index in [4.69, 9.17) is 0 Å². The van der Waals surface area contributed by atoms with Crippen molar-refractivity contribution in [1.29, 1.82) is 0 Å². The molecule has 0 aromatic heterocycles. The van der Waals surface area contributed by atoms with Crippen LogP contribution < -0.4 is 10.6 Å². The molecule has 1 fully saturated rings. The molecule has 0 spiro atoms. The van der Waals surface area contributed by atoms with E-state index < -0.39 is 0 Å². The Morgan fingerprint density at radius 2 is 2.17 bits per heavy atom. The van der Waals surface area contributed by atoms with E-state index in [0.717, 1.165) is 32.5 Å². The fourth-order valence-electron chi connectivity index (χ4n) is 2.93. The average molecular weight is 358 g/mol. The molecule has 1 saturated heterocycles. The van der Waals surface area contributed by atoms with Gasteiger partial charge in [0, 0.05) is 13.1 Å². The fraction of sp³-hybridized carbons (Fsp3) is 0.529. The van der Waals surface area contributed by atoms with Crippen molar-refractivity contribution in [2.24, 2.45) is 5.92 Å². The van der Waals surface area contributed by atoms with Crippen molar-refractivity contribution in [3.8, 4) is 0 Å². The molecule has 1 aromatic rings. The van der Waals surface area contributed by atoms with Crippen LogP contribution in [0.25, 0.3) is 0 Å². The molecule has 1 aliphatic heterocycles. The molecule has 1 heterocycles. The molecule has 0 radical (unpaired) electrons. The molecular formula is C17H25ClFN3O2. The van der Waals surface area contributed by atoms with Crippen molar-refractivity contribution < 1.29 is 14.0 Å². The second kappa shape index (κ2) is 10.3. The number of nitrogens with zero attached hydrogens (tertiary/aromatic N) is 1. The number of hydrogen-bond acceptors (Lipinski definition) is 3. The van der Waals surface area contributed by atoms with Crippen LogP contribution in [0.1, 0.15) is 18.4 Å². The van der Waals surface area contributed by atoms with E-state index in [1.165, 1.54) is 12.1 Å². The lowest BCUT2D eigenvalue weighted by Gasteiger charge is -2.32. The van der Waals surface area contributed by atoms with Gasteiger partial charge in [-0.15, -0.1) is 12.4 Å². The van der Waals surface area contributed by atoms with Crippen molar-refractivity contribution in [3.63, 3.8) is 0 Å². The van der Waals surface area contributed by atoms with Gasteiger partial charge >= 0.3 is 0 Å². The van der Waals surface area contributed by atoms with Gasteiger partial charge in [-0.05, 0) is 50.0 Å². The van der Waals surface area contributed by atoms with E-state index in [0.29, 0.717) is 11.5 Å². The van der Waals surface area contributed by atoms with E-state index in [1.807, 2.05) is 11.9 Å². The Labute approximate surface area is 148 Å². The van der Waals surface area contributed by atoms with Gasteiger partial charge in [0.15, 0.2) is 0 Å². The topological polar surface area (TPSA) is 61.4 Å². The van der Waals surface area contributed by atoms with E-state index in [1.54, 1.807) is 12.1 Å². The summed E-state index contributed by atoms with van der Waals surface area (Å²) < 4.78 is 13.1. The summed E-state index contributed by atoms with van der Waals surface area (Å²) in [5, 5.41) is 5.77. The van der Waals surface area contributed by atoms with Crippen LogP contribution in [-0.4, -0.2) is 49.9 Å². The third-order valence-corrected chi connectivity index (χ3v) is 4.05. The molecule has 7 heteroatoms. The summed E-state index contributed by atoms with van der Waals surface area (Å²) in [5.41, 5.74) is 0.599. The van der Waals surface area contributed by atoms with Gasteiger partial charge in [-0.25, -0.2) is 4.39 Å². The van der Waals surface area contributed by atoms with Gasteiger partial charge in [0.05, 0.1) is 13.0 Å². The zero-order valence-electron chi connectivity index (χ0n) is 13.9. The van der Waals surface area contributed by atoms with Crippen LogP contribution in [0.5, 0.6) is 0 Å². The van der Waals surface area contributed by atoms with E-state index in [9.17, 15) is 14.0 Å². The number of amides is 2. The van der Waals surface area contributed by atoms with Crippen LogP contribution in [0.4, 0.5) is 4.39 Å². The molecule has 1 unspecified atom stereocenters. The standard InChI is InChI=1S/C17H24FN3O2.ClH/c1-19-10-14-5-3-7-21(12-14)17(23)11-20-16(22)9-13-4-2-6-15(18)8-13;/h2,4,6,8,14,19H,3,5,7,9-12H2,1H3,(H,20,22);1H. The maximum atomic E-state index is 13.1. The Bertz CT molecular complexity index is 554. The Balaban J connectivity index is 0.00000288. The van der Waals surface area contributed by atoms with E-state index in [2.05, 4.69) is 10.6 Å². The second-order valence-electron chi connectivity index (χ2n) is 5.99. The van der Waals surface area contributed by atoms with Crippen molar-refractivity contribution in [1.82, 2.24) is 15.5 Å². The summed E-state index contributed by atoms with van der Waals surface area (Å²) in [4.78, 5) is 25.9. The van der Waals surface area contributed by atoms with Crippen molar-refractivity contribution in [2.75, 3.05) is 33.2 Å². The Morgan fingerprint density at radius 1 is 1.38 bits per heavy atom. The molecule has 1 aromatic carbocycles. The Morgan fingerprint density at radius 3 is 2.88 bits per heavy atom. The molecule has 0 aliphatic carbocycles. The third-order valence-electron chi connectivity index (χ3n) is 4.05. The van der Waals surface area contributed by atoms with Crippen LogP contribution in [-0.2, 0) is 16.0 Å². The van der Waals surface area contributed by atoms with Gasteiger partial charge in [-0.3, -0.25) is 9.59 Å². The van der Waals surface area contributed by atoms with Gasteiger partial charge in [-0.1, -0.05) is 12.1 Å². The minimum Gasteiger partial charge on any atom is -0.347 e. The van der Waals surface area contributed by atoms with Crippen molar-refractivity contribution in [2.45, 2.75) is 19.3 Å². The highest BCUT2D eigenvalue weighted by atomic mass is 35.5. The van der Waals surface area contributed by atoms with Gasteiger partial charge in [-0.2, -0.15) is 0 Å². The number of likely N-dealkylation sites (tertiary alicyclic amines) is 1. The summed E-state index contributed by atoms with van der Waals surface area (Å²) in [5.74, 6) is -0.220. The lowest BCUT2D eigenvalue weighted by molar-refractivity contribution is -0.134. The first-order valence-electron chi connectivity index (χ1n) is 8.02. The summed E-state index contributed by atoms with van der Waals surface area (Å²) in [6.45, 7) is 2.38. The number of carbonyl (C=O) groups excluding carboxylic acids is 2. The number of halogens is 2. The summed E-state index contributed by atoms with van der Waals surface area (Å²) >= 11 is 0. The SMILES string of the molecule is CNCC1CCCN(C(=O)CNC(=O)Cc2cccc(F)c2)C1.Cl. The number of hydrogen-bond donors (Lipinski definition) is 2. The smallest absolute Gasteiger partial charge is 0.241 e. The second-order valence-corrected chi connectivity index (χ2v) is 5.99. The monoisotopic (exact) mass is 357 g/mol. The normalized spacial score (nSPS) is 17.1. The first-order valence-corrected chi connectivity index (χ1v) is 8.02. The van der Waals surface area contributed by atoms with Crippen molar-refractivity contribution >= 4 is 24.2 Å². The third kappa shape index (κ3) is 6.45. The number of nitrogens with one attached hydrogen (secondary N) is 2. The molecule has 24 heavy (non-hydrogen) atoms. The lowest BCUT2D eigenvalue weighted by atomic mass is 9.98. The predicted octanol–water partition coefficient (Wildman–Crippen LogP) is 1.36. The van der Waals surface area contributed by atoms with Crippen molar-refractivity contribution in [3.05, 3.63) is 35.6 Å². The lowest BCUT2D eigenvalue weighted by Crippen LogP contribution is -2.46. The molecule has 1 atom stereocenters. The van der Waals surface area contributed by atoms with Crippen LogP contribution in [0.2, 0.25) is 0 Å². The first kappa shape index (κ1) is 20.4. The highest BCUT2D eigenvalue weighted by Gasteiger charge is 2.23. The summed E-state index contributed by atoms with van der Waals surface area (Å²) in [6, 6.07) is 5.92. The number of rotatable bonds is 6. The minimum atomic E-state index is -0.365. The van der Waals surface area contributed by atoms with E-state index in [-0.39, 0.29) is 43.0 Å². The first-order chi connectivity index (χ1) is 11.1. The Kier molecular flexibility index (Phi) is 8.71. The molecule has 5 nitrogen and oxygen atoms in total. The largest absolute Gasteiger partial charge is 0.347 e. The number of benzene rings is 1.